The lowest BCUT2D eigenvalue weighted by Gasteiger charge is -2.16. The highest BCUT2D eigenvalue weighted by atomic mass is 19.2. The molecular formula is C22H21F2NO3. The minimum absolute atomic E-state index is 0.0982. The molecule has 0 spiro atoms. The summed E-state index contributed by atoms with van der Waals surface area (Å²) in [4.78, 5) is 12.5. The van der Waals surface area contributed by atoms with Gasteiger partial charge in [-0.3, -0.25) is 4.79 Å². The highest BCUT2D eigenvalue weighted by Crippen LogP contribution is 2.25. The number of halogens is 2. The lowest BCUT2D eigenvalue weighted by molar-refractivity contribution is -0.122. The third-order valence-corrected chi connectivity index (χ3v) is 4.76. The molecule has 4 nitrogen and oxygen atoms in total. The topological polar surface area (TPSA) is 58.6 Å². The Morgan fingerprint density at radius 1 is 1.00 bits per heavy atom. The zero-order valence-corrected chi connectivity index (χ0v) is 15.6. The van der Waals surface area contributed by atoms with E-state index in [4.69, 9.17) is 4.74 Å². The fourth-order valence-electron chi connectivity index (χ4n) is 2.98. The first kappa shape index (κ1) is 19.8. The van der Waals surface area contributed by atoms with Crippen molar-refractivity contribution in [3.63, 3.8) is 0 Å². The van der Waals surface area contributed by atoms with Crippen LogP contribution in [0.2, 0.25) is 0 Å². The molecule has 3 rings (SSSR count). The monoisotopic (exact) mass is 385 g/mol. The number of rotatable bonds is 6. The molecule has 146 valence electrons. The van der Waals surface area contributed by atoms with E-state index in [2.05, 4.69) is 5.32 Å². The molecule has 0 saturated heterocycles. The van der Waals surface area contributed by atoms with Gasteiger partial charge < -0.3 is 15.2 Å². The van der Waals surface area contributed by atoms with E-state index in [1.54, 1.807) is 14.0 Å². The third kappa shape index (κ3) is 4.28. The minimum Gasteiger partial charge on any atom is -0.497 e. The summed E-state index contributed by atoms with van der Waals surface area (Å²) in [6.45, 7) is 1.67. The molecule has 28 heavy (non-hydrogen) atoms. The van der Waals surface area contributed by atoms with Crippen molar-refractivity contribution in [1.29, 1.82) is 0 Å². The Bertz CT molecular complexity index is 1010. The van der Waals surface area contributed by atoms with Gasteiger partial charge in [0.25, 0.3) is 0 Å². The second-order valence-electron chi connectivity index (χ2n) is 6.63. The molecule has 0 heterocycles. The average molecular weight is 385 g/mol. The van der Waals surface area contributed by atoms with Crippen molar-refractivity contribution < 1.29 is 23.4 Å². The molecule has 1 unspecified atom stereocenters. The zero-order valence-electron chi connectivity index (χ0n) is 15.6. The average Bonchev–Trinajstić information content (AvgIpc) is 2.72. The number of methoxy groups -OCH3 is 1. The van der Waals surface area contributed by atoms with E-state index in [0.717, 1.165) is 34.2 Å². The molecule has 0 radical (unpaired) electrons. The van der Waals surface area contributed by atoms with Gasteiger partial charge in [0.2, 0.25) is 5.91 Å². The Hall–Kier alpha value is -2.99. The number of fused-ring (bicyclic) bond motifs is 1. The molecule has 0 fully saturated rings. The number of carbonyl (C=O) groups is 1. The smallest absolute Gasteiger partial charge is 0.227 e. The van der Waals surface area contributed by atoms with Crippen molar-refractivity contribution in [2.24, 2.45) is 0 Å². The van der Waals surface area contributed by atoms with Crippen molar-refractivity contribution in [3.8, 4) is 5.75 Å². The van der Waals surface area contributed by atoms with Crippen LogP contribution in [0, 0.1) is 11.6 Å². The quantitative estimate of drug-likeness (QED) is 0.672. The van der Waals surface area contributed by atoms with E-state index in [-0.39, 0.29) is 18.0 Å². The van der Waals surface area contributed by atoms with E-state index in [1.807, 2.05) is 36.4 Å². The van der Waals surface area contributed by atoms with Crippen molar-refractivity contribution in [3.05, 3.63) is 77.4 Å². The van der Waals surface area contributed by atoms with Crippen LogP contribution < -0.4 is 10.1 Å². The summed E-state index contributed by atoms with van der Waals surface area (Å²) in [6, 6.07) is 14.6. The van der Waals surface area contributed by atoms with Gasteiger partial charge in [0, 0.05) is 6.54 Å². The molecular weight excluding hydrogens is 364 g/mol. The maximum Gasteiger partial charge on any atom is 0.227 e. The summed E-state index contributed by atoms with van der Waals surface area (Å²) in [5.41, 5.74) is 1.03. The number of benzene rings is 3. The maximum absolute atomic E-state index is 13.3. The van der Waals surface area contributed by atoms with Gasteiger partial charge in [0.05, 0.1) is 19.1 Å². The lowest BCUT2D eigenvalue weighted by atomic mass is 9.97. The Labute approximate surface area is 161 Å². The number of hydrogen-bond acceptors (Lipinski definition) is 3. The maximum atomic E-state index is 13.3. The van der Waals surface area contributed by atoms with Gasteiger partial charge in [-0.2, -0.15) is 0 Å². The normalized spacial score (nSPS) is 13.2. The molecule has 3 aromatic carbocycles. The molecule has 6 heteroatoms. The Morgan fingerprint density at radius 2 is 1.68 bits per heavy atom. The summed E-state index contributed by atoms with van der Waals surface area (Å²) < 4.78 is 31.5. The standard InChI is InChI=1S/C22H21F2NO3/c1-13(14-3-4-16-10-18(28-2)7-5-15(16)9-14)22(27)25-12-21(26)17-6-8-19(23)20(24)11-17/h3-11,13,21,26H,12H2,1-2H3,(H,25,27)/t13-,21?/m0/s1. The molecule has 0 bridgehead atoms. The molecule has 2 N–H and O–H groups in total. The Kier molecular flexibility index (Phi) is 5.90. The van der Waals surface area contributed by atoms with Gasteiger partial charge in [0.15, 0.2) is 11.6 Å². The van der Waals surface area contributed by atoms with Crippen LogP contribution in [-0.4, -0.2) is 24.7 Å². The van der Waals surface area contributed by atoms with Crippen LogP contribution in [0.25, 0.3) is 10.8 Å². The molecule has 0 aliphatic heterocycles. The van der Waals surface area contributed by atoms with Crippen LogP contribution in [-0.2, 0) is 4.79 Å². The second-order valence-corrected chi connectivity index (χ2v) is 6.63. The molecule has 2 atom stereocenters. The van der Waals surface area contributed by atoms with Gasteiger partial charge in [-0.05, 0) is 53.1 Å². The molecule has 1 amide bonds. The number of carbonyl (C=O) groups excluding carboxylic acids is 1. The van der Waals surface area contributed by atoms with Gasteiger partial charge in [-0.1, -0.05) is 30.3 Å². The minimum atomic E-state index is -1.13. The fourth-order valence-corrected chi connectivity index (χ4v) is 2.98. The van der Waals surface area contributed by atoms with E-state index < -0.39 is 23.7 Å². The Balaban J connectivity index is 1.66. The predicted molar refractivity (Wildman–Crippen MR) is 103 cm³/mol. The van der Waals surface area contributed by atoms with Crippen LogP contribution in [0.1, 0.15) is 30.1 Å². The van der Waals surface area contributed by atoms with Gasteiger partial charge in [-0.15, -0.1) is 0 Å². The summed E-state index contributed by atoms with van der Waals surface area (Å²) >= 11 is 0. The molecule has 0 aliphatic rings. The molecule has 3 aromatic rings. The highest BCUT2D eigenvalue weighted by Gasteiger charge is 2.18. The summed E-state index contributed by atoms with van der Waals surface area (Å²) in [6.07, 6.45) is -1.13. The van der Waals surface area contributed by atoms with E-state index in [1.165, 1.54) is 6.07 Å². The molecule has 0 saturated carbocycles. The first-order valence-electron chi connectivity index (χ1n) is 8.87. The van der Waals surface area contributed by atoms with Crippen LogP contribution in [0.3, 0.4) is 0 Å². The van der Waals surface area contributed by atoms with Crippen LogP contribution >= 0.6 is 0 Å². The van der Waals surface area contributed by atoms with Crippen molar-refractivity contribution in [2.45, 2.75) is 18.9 Å². The van der Waals surface area contributed by atoms with Crippen LogP contribution in [0.4, 0.5) is 8.78 Å². The van der Waals surface area contributed by atoms with Gasteiger partial charge >= 0.3 is 0 Å². The van der Waals surface area contributed by atoms with Gasteiger partial charge in [0.1, 0.15) is 5.75 Å². The zero-order chi connectivity index (χ0) is 20.3. The molecule has 0 aliphatic carbocycles. The number of ether oxygens (including phenoxy) is 1. The van der Waals surface area contributed by atoms with Gasteiger partial charge in [-0.25, -0.2) is 8.78 Å². The van der Waals surface area contributed by atoms with Crippen molar-refractivity contribution in [1.82, 2.24) is 5.32 Å². The summed E-state index contributed by atoms with van der Waals surface area (Å²) in [5, 5.41) is 14.8. The van der Waals surface area contributed by atoms with Crippen molar-refractivity contribution in [2.75, 3.05) is 13.7 Å². The SMILES string of the molecule is COc1ccc2cc([C@H](C)C(=O)NCC(O)c3ccc(F)c(F)c3)ccc2c1. The van der Waals surface area contributed by atoms with E-state index in [0.29, 0.717) is 0 Å². The summed E-state index contributed by atoms with van der Waals surface area (Å²) in [7, 11) is 1.61. The number of nitrogens with one attached hydrogen (secondary N) is 1. The predicted octanol–water partition coefficient (Wildman–Crippen LogP) is 4.08. The summed E-state index contributed by atoms with van der Waals surface area (Å²) in [5.74, 6) is -1.97. The number of aliphatic hydroxyl groups is 1. The first-order valence-corrected chi connectivity index (χ1v) is 8.87. The van der Waals surface area contributed by atoms with Crippen LogP contribution in [0.15, 0.2) is 54.6 Å². The molecule has 0 aromatic heterocycles. The Morgan fingerprint density at radius 3 is 2.39 bits per heavy atom. The second kappa shape index (κ2) is 8.35. The van der Waals surface area contributed by atoms with E-state index >= 15 is 0 Å². The van der Waals surface area contributed by atoms with Crippen LogP contribution in [0.5, 0.6) is 5.75 Å². The first-order chi connectivity index (χ1) is 13.4. The fraction of sp³-hybridized carbons (Fsp3) is 0.227. The third-order valence-electron chi connectivity index (χ3n) is 4.76. The number of amides is 1. The number of hydrogen-bond donors (Lipinski definition) is 2. The van der Waals surface area contributed by atoms with E-state index in [9.17, 15) is 18.7 Å². The number of aliphatic hydroxyl groups excluding tert-OH is 1. The highest BCUT2D eigenvalue weighted by molar-refractivity contribution is 5.88. The largest absolute Gasteiger partial charge is 0.497 e. The van der Waals surface area contributed by atoms with Crippen molar-refractivity contribution >= 4 is 16.7 Å². The lowest BCUT2D eigenvalue weighted by Crippen LogP contribution is -2.31.